The van der Waals surface area contributed by atoms with E-state index in [0.29, 0.717) is 38.8 Å². The molecule has 1 atom stereocenters. The van der Waals surface area contributed by atoms with Crippen LogP contribution in [0.15, 0.2) is 78.3 Å². The van der Waals surface area contributed by atoms with E-state index >= 15 is 0 Å². The molecule has 0 aliphatic carbocycles. The van der Waals surface area contributed by atoms with Crippen LogP contribution in [0, 0.1) is 6.92 Å². The van der Waals surface area contributed by atoms with Gasteiger partial charge in [0, 0.05) is 27.0 Å². The lowest BCUT2D eigenvalue weighted by Gasteiger charge is -2.29. The zero-order chi connectivity index (χ0) is 26.8. The Morgan fingerprint density at radius 2 is 1.89 bits per heavy atom. The van der Waals surface area contributed by atoms with E-state index in [4.69, 9.17) is 32.7 Å². The number of fused-ring (bicyclic) bond motifs is 1. The number of allylic oxidation sites excluding steroid dienone is 1. The second-order valence-electron chi connectivity index (χ2n) is 8.80. The molecule has 1 aliphatic heterocycles. The Morgan fingerprint density at radius 1 is 1.08 bits per heavy atom. The van der Waals surface area contributed by atoms with Crippen molar-refractivity contribution in [2.75, 3.05) is 17.7 Å². The normalized spacial score (nSPS) is 14.5. The summed E-state index contributed by atoms with van der Waals surface area (Å²) in [5, 5.41) is 11.7. The van der Waals surface area contributed by atoms with Crippen LogP contribution in [0.4, 0.5) is 11.6 Å². The maximum Gasteiger partial charge on any atom is 0.255 e. The lowest BCUT2D eigenvalue weighted by Crippen LogP contribution is -2.31. The molecule has 0 fully saturated rings. The van der Waals surface area contributed by atoms with E-state index in [-0.39, 0.29) is 12.5 Å². The summed E-state index contributed by atoms with van der Waals surface area (Å²) in [6, 6.07) is 17.9. The van der Waals surface area contributed by atoms with Gasteiger partial charge in [-0.2, -0.15) is 10.1 Å². The van der Waals surface area contributed by atoms with E-state index in [1.165, 1.54) is 6.33 Å². The van der Waals surface area contributed by atoms with Crippen LogP contribution >= 0.6 is 23.2 Å². The summed E-state index contributed by atoms with van der Waals surface area (Å²) >= 11 is 12.3. The molecule has 0 radical (unpaired) electrons. The number of ether oxygens (including phenoxy) is 2. The number of hydrogen-bond acceptors (Lipinski definition) is 6. The van der Waals surface area contributed by atoms with Crippen LogP contribution in [0.2, 0.25) is 10.0 Å². The van der Waals surface area contributed by atoms with Gasteiger partial charge in [0.15, 0.2) is 11.5 Å². The molecule has 3 aromatic carbocycles. The van der Waals surface area contributed by atoms with Crippen molar-refractivity contribution in [2.24, 2.45) is 0 Å². The van der Waals surface area contributed by atoms with Crippen molar-refractivity contribution in [1.29, 1.82) is 0 Å². The first-order valence-corrected chi connectivity index (χ1v) is 12.6. The number of amides is 1. The van der Waals surface area contributed by atoms with Crippen molar-refractivity contribution >= 4 is 40.7 Å². The third-order valence-electron chi connectivity index (χ3n) is 6.33. The van der Waals surface area contributed by atoms with E-state index in [9.17, 15) is 4.79 Å². The lowest BCUT2D eigenvalue weighted by atomic mass is 9.94. The average molecular weight is 550 g/mol. The van der Waals surface area contributed by atoms with Gasteiger partial charge in [0.25, 0.3) is 5.91 Å². The third-order valence-corrected chi connectivity index (χ3v) is 6.92. The van der Waals surface area contributed by atoms with Crippen LogP contribution in [-0.2, 0) is 11.4 Å². The van der Waals surface area contributed by atoms with Crippen molar-refractivity contribution in [1.82, 2.24) is 14.8 Å². The maximum absolute atomic E-state index is 13.6. The van der Waals surface area contributed by atoms with Crippen LogP contribution < -0.4 is 20.1 Å². The second-order valence-corrected chi connectivity index (χ2v) is 9.64. The number of halogens is 2. The molecule has 4 aromatic rings. The van der Waals surface area contributed by atoms with Crippen LogP contribution in [0.1, 0.15) is 29.7 Å². The summed E-state index contributed by atoms with van der Waals surface area (Å²) < 4.78 is 13.4. The predicted molar refractivity (Wildman–Crippen MR) is 148 cm³/mol. The molecule has 0 unspecified atom stereocenters. The van der Waals surface area contributed by atoms with Crippen LogP contribution in [0.3, 0.4) is 0 Å². The highest BCUT2D eigenvalue weighted by atomic mass is 35.5. The summed E-state index contributed by atoms with van der Waals surface area (Å²) in [6.07, 6.45) is 1.45. The summed E-state index contributed by atoms with van der Waals surface area (Å²) in [5.41, 5.74) is 4.46. The molecule has 5 rings (SSSR count). The molecule has 1 aliphatic rings. The van der Waals surface area contributed by atoms with Gasteiger partial charge in [0.05, 0.1) is 12.7 Å². The zero-order valence-corrected chi connectivity index (χ0v) is 22.5. The molecule has 0 spiro atoms. The summed E-state index contributed by atoms with van der Waals surface area (Å²) in [7, 11) is 1.57. The van der Waals surface area contributed by atoms with E-state index in [2.05, 4.69) is 20.7 Å². The number of aryl methyl sites for hydroxylation is 1. The minimum absolute atomic E-state index is 0.232. The number of para-hydroxylation sites is 1. The molecule has 194 valence electrons. The molecule has 38 heavy (non-hydrogen) atoms. The number of carbonyl (C=O) groups is 1. The Hall–Kier alpha value is -4.01. The number of carbonyl (C=O) groups excluding carboxylic acids is 1. The predicted octanol–water partition coefficient (Wildman–Crippen LogP) is 6.41. The van der Waals surface area contributed by atoms with Crippen molar-refractivity contribution in [3.8, 4) is 11.5 Å². The van der Waals surface area contributed by atoms with E-state index in [0.717, 1.165) is 22.4 Å². The molecule has 1 aromatic heterocycles. The third kappa shape index (κ3) is 5.05. The number of methoxy groups -OCH3 is 1. The topological polar surface area (TPSA) is 90.3 Å². The number of nitrogens with one attached hydrogen (secondary N) is 2. The van der Waals surface area contributed by atoms with Gasteiger partial charge in [-0.15, -0.1) is 0 Å². The molecular weight excluding hydrogens is 525 g/mol. The quantitative estimate of drug-likeness (QED) is 0.277. The Kier molecular flexibility index (Phi) is 7.26. The largest absolute Gasteiger partial charge is 0.493 e. The highest BCUT2D eigenvalue weighted by Gasteiger charge is 2.34. The minimum atomic E-state index is -0.550. The number of rotatable bonds is 7. The number of nitrogens with zero attached hydrogens (tertiary/aromatic N) is 3. The van der Waals surface area contributed by atoms with Gasteiger partial charge in [-0.1, -0.05) is 53.5 Å². The van der Waals surface area contributed by atoms with Gasteiger partial charge in [-0.05, 0) is 55.3 Å². The van der Waals surface area contributed by atoms with Crippen molar-refractivity contribution < 1.29 is 14.3 Å². The highest BCUT2D eigenvalue weighted by Crippen LogP contribution is 2.39. The van der Waals surface area contributed by atoms with E-state index in [1.807, 2.05) is 62.4 Å². The Labute approximate surface area is 230 Å². The first-order chi connectivity index (χ1) is 18.4. The molecule has 10 heteroatoms. The van der Waals surface area contributed by atoms with Crippen molar-refractivity contribution in [3.05, 3.63) is 105 Å². The fourth-order valence-electron chi connectivity index (χ4n) is 4.36. The van der Waals surface area contributed by atoms with Crippen LogP contribution in [0.5, 0.6) is 11.5 Å². The van der Waals surface area contributed by atoms with Gasteiger partial charge >= 0.3 is 0 Å². The molecule has 0 bridgehead atoms. The Bertz CT molecular complexity index is 1550. The number of anilines is 2. The molecule has 0 saturated carbocycles. The Balaban J connectivity index is 1.48. The molecule has 2 heterocycles. The molecule has 8 nitrogen and oxygen atoms in total. The van der Waals surface area contributed by atoms with Crippen molar-refractivity contribution in [2.45, 2.75) is 26.5 Å². The number of hydrogen-bond donors (Lipinski definition) is 2. The highest BCUT2D eigenvalue weighted by molar-refractivity contribution is 6.35. The molecule has 0 saturated heterocycles. The van der Waals surface area contributed by atoms with Gasteiger partial charge in [0.2, 0.25) is 5.95 Å². The smallest absolute Gasteiger partial charge is 0.255 e. The fourth-order valence-corrected chi connectivity index (χ4v) is 4.83. The summed E-state index contributed by atoms with van der Waals surface area (Å²) in [4.78, 5) is 17.9. The molecule has 1 amide bonds. The summed E-state index contributed by atoms with van der Waals surface area (Å²) in [5.74, 6) is 1.33. The van der Waals surface area contributed by atoms with Gasteiger partial charge in [-0.3, -0.25) is 4.79 Å². The van der Waals surface area contributed by atoms with Crippen LogP contribution in [0.25, 0.3) is 0 Å². The zero-order valence-electron chi connectivity index (χ0n) is 21.0. The van der Waals surface area contributed by atoms with Crippen molar-refractivity contribution in [3.63, 3.8) is 0 Å². The number of aromatic nitrogens is 3. The second kappa shape index (κ2) is 10.8. The SMILES string of the molecule is COc1cc([C@@H]2C(C(=O)Nc3ccccc3C)=C(C)Nc3ncnn32)ccc1OCc1ccc(Cl)cc1Cl. The molecular formula is C28H25Cl2N5O3. The Morgan fingerprint density at radius 3 is 2.66 bits per heavy atom. The maximum atomic E-state index is 13.6. The van der Waals surface area contributed by atoms with Gasteiger partial charge in [-0.25, -0.2) is 4.68 Å². The average Bonchev–Trinajstić information content (AvgIpc) is 3.36. The monoisotopic (exact) mass is 549 g/mol. The lowest BCUT2D eigenvalue weighted by molar-refractivity contribution is -0.113. The number of benzene rings is 3. The fraction of sp³-hybridized carbons (Fsp3) is 0.179. The standard InChI is InChI=1S/C28H25Cl2N5O3/c1-16-6-4-5-7-22(16)34-27(36)25-17(2)33-28-31-15-32-35(28)26(25)18-9-11-23(24(12-18)37-3)38-14-19-8-10-20(29)13-21(19)30/h4-13,15,26H,14H2,1-3H3,(H,34,36)(H,31,32,33)/t26-/m1/s1. The first kappa shape index (κ1) is 25.6. The van der Waals surface area contributed by atoms with Crippen LogP contribution in [-0.4, -0.2) is 27.8 Å². The minimum Gasteiger partial charge on any atom is -0.493 e. The van der Waals surface area contributed by atoms with E-state index < -0.39 is 6.04 Å². The van der Waals surface area contributed by atoms with Gasteiger partial charge < -0.3 is 20.1 Å². The van der Waals surface area contributed by atoms with Gasteiger partial charge in [0.1, 0.15) is 19.0 Å². The van der Waals surface area contributed by atoms with E-state index in [1.54, 1.807) is 23.9 Å². The first-order valence-electron chi connectivity index (χ1n) is 11.8. The molecule has 2 N–H and O–H groups in total. The summed E-state index contributed by atoms with van der Waals surface area (Å²) in [6.45, 7) is 4.03.